The smallest absolute Gasteiger partial charge is 0.141 e. The van der Waals surface area contributed by atoms with Gasteiger partial charge in [0.15, 0.2) is 0 Å². The van der Waals surface area contributed by atoms with Crippen molar-refractivity contribution in [3.8, 4) is 0 Å². The van der Waals surface area contributed by atoms with Crippen LogP contribution in [0.25, 0.3) is 10.9 Å². The molecule has 2 heterocycles. The first-order valence-corrected chi connectivity index (χ1v) is 8.37. The summed E-state index contributed by atoms with van der Waals surface area (Å²) in [5, 5.41) is 14.1. The van der Waals surface area contributed by atoms with Gasteiger partial charge in [0.1, 0.15) is 12.7 Å². The highest BCUT2D eigenvalue weighted by Crippen LogP contribution is 2.25. The van der Waals surface area contributed by atoms with Gasteiger partial charge in [0, 0.05) is 29.2 Å². The monoisotopic (exact) mass is 369 g/mol. The van der Waals surface area contributed by atoms with E-state index in [1.165, 1.54) is 0 Å². The first-order valence-electron chi connectivity index (χ1n) is 7.61. The van der Waals surface area contributed by atoms with E-state index in [0.717, 1.165) is 22.0 Å². The van der Waals surface area contributed by atoms with Crippen molar-refractivity contribution in [3.63, 3.8) is 0 Å². The number of rotatable bonds is 4. The van der Waals surface area contributed by atoms with E-state index in [1.54, 1.807) is 23.5 Å². The lowest BCUT2D eigenvalue weighted by molar-refractivity contribution is 0.835. The molecular weight excluding hydrogens is 357 g/mol. The van der Waals surface area contributed by atoms with Gasteiger partial charge in [-0.2, -0.15) is 5.10 Å². The van der Waals surface area contributed by atoms with Gasteiger partial charge in [-0.05, 0) is 23.8 Å². The minimum Gasteiger partial charge on any atom is -0.342 e. The van der Waals surface area contributed by atoms with Crippen LogP contribution in [0.1, 0.15) is 11.1 Å². The first-order chi connectivity index (χ1) is 12.2. The van der Waals surface area contributed by atoms with Crippen LogP contribution in [0, 0.1) is 0 Å². The second kappa shape index (κ2) is 6.70. The molecule has 2 aromatic heterocycles. The summed E-state index contributed by atoms with van der Waals surface area (Å²) in [6, 6.07) is 13.9. The Labute approximate surface area is 154 Å². The van der Waals surface area contributed by atoms with Crippen molar-refractivity contribution in [1.29, 1.82) is 0 Å². The van der Waals surface area contributed by atoms with Gasteiger partial charge in [-0.1, -0.05) is 47.5 Å². The molecule has 0 N–H and O–H groups in total. The van der Waals surface area contributed by atoms with Gasteiger partial charge in [0.05, 0.1) is 16.3 Å². The maximum atomic E-state index is 6.13. The van der Waals surface area contributed by atoms with E-state index in [-0.39, 0.29) is 0 Å². The number of fused-ring (bicyclic) bond motifs is 1. The lowest BCUT2D eigenvalue weighted by Gasteiger charge is -2.06. The summed E-state index contributed by atoms with van der Waals surface area (Å²) in [4.78, 5) is 0. The van der Waals surface area contributed by atoms with Crippen molar-refractivity contribution in [2.45, 2.75) is 6.54 Å². The Bertz CT molecular complexity index is 1050. The van der Waals surface area contributed by atoms with E-state index in [1.807, 2.05) is 30.3 Å². The highest BCUT2D eigenvalue weighted by atomic mass is 35.5. The van der Waals surface area contributed by atoms with Gasteiger partial charge in [-0.25, -0.2) is 4.68 Å². The summed E-state index contributed by atoms with van der Waals surface area (Å²) in [5.74, 6) is 0. The minimum atomic E-state index is 0.560. The van der Waals surface area contributed by atoms with Gasteiger partial charge in [-0.15, -0.1) is 10.2 Å². The predicted molar refractivity (Wildman–Crippen MR) is 101 cm³/mol. The third kappa shape index (κ3) is 3.29. The largest absolute Gasteiger partial charge is 0.342 e. The number of hydrogen-bond donors (Lipinski definition) is 0. The molecule has 0 aliphatic carbocycles. The van der Waals surface area contributed by atoms with E-state index >= 15 is 0 Å². The summed E-state index contributed by atoms with van der Waals surface area (Å²) in [5.41, 5.74) is 3.22. The number of nitrogens with zero attached hydrogens (tertiary/aromatic N) is 5. The molecule has 2 aromatic carbocycles. The van der Waals surface area contributed by atoms with Crippen molar-refractivity contribution < 1.29 is 0 Å². The van der Waals surface area contributed by atoms with Gasteiger partial charge < -0.3 is 4.57 Å². The molecule has 5 nitrogen and oxygen atoms in total. The average Bonchev–Trinajstić information content (AvgIpc) is 3.25. The molecule has 124 valence electrons. The third-order valence-electron chi connectivity index (χ3n) is 3.89. The molecule has 0 radical (unpaired) electrons. The van der Waals surface area contributed by atoms with Crippen LogP contribution >= 0.6 is 23.2 Å². The molecule has 0 saturated heterocycles. The number of halogens is 2. The van der Waals surface area contributed by atoms with E-state index in [9.17, 15) is 0 Å². The topological polar surface area (TPSA) is 48.0 Å². The zero-order valence-corrected chi connectivity index (χ0v) is 14.6. The maximum absolute atomic E-state index is 6.13. The quantitative estimate of drug-likeness (QED) is 0.498. The van der Waals surface area contributed by atoms with Gasteiger partial charge in [0.25, 0.3) is 0 Å². The summed E-state index contributed by atoms with van der Waals surface area (Å²) in [6.07, 6.45) is 6.97. The van der Waals surface area contributed by atoms with Crippen molar-refractivity contribution in [1.82, 2.24) is 19.4 Å². The Balaban J connectivity index is 1.72. The number of hydrogen-bond acceptors (Lipinski definition) is 3. The second-order valence-corrected chi connectivity index (χ2v) is 6.38. The van der Waals surface area contributed by atoms with E-state index in [4.69, 9.17) is 23.2 Å². The van der Waals surface area contributed by atoms with Crippen LogP contribution in [0.15, 0.2) is 66.4 Å². The van der Waals surface area contributed by atoms with E-state index in [2.05, 4.69) is 38.2 Å². The van der Waals surface area contributed by atoms with Crippen molar-refractivity contribution in [2.24, 2.45) is 5.10 Å². The predicted octanol–water partition coefficient (Wildman–Crippen LogP) is 4.47. The molecule has 0 aliphatic rings. The van der Waals surface area contributed by atoms with Crippen molar-refractivity contribution >= 4 is 40.3 Å². The standard InChI is InChI=1S/C18H13Cl2N5/c19-16-6-5-13(7-17(16)20)9-24-10-14(8-23-25-11-21-22-12-25)15-3-1-2-4-18(15)24/h1-8,10-12H,9H2. The highest BCUT2D eigenvalue weighted by Gasteiger charge is 2.08. The number of benzene rings is 2. The van der Waals surface area contributed by atoms with E-state index < -0.39 is 0 Å². The zero-order chi connectivity index (χ0) is 17.2. The van der Waals surface area contributed by atoms with Crippen LogP contribution in [-0.4, -0.2) is 25.7 Å². The maximum Gasteiger partial charge on any atom is 0.141 e. The molecule has 0 bridgehead atoms. The van der Waals surface area contributed by atoms with Crippen LogP contribution in [-0.2, 0) is 6.54 Å². The summed E-state index contributed by atoms with van der Waals surface area (Å²) >= 11 is 12.1. The molecule has 25 heavy (non-hydrogen) atoms. The fourth-order valence-corrected chi connectivity index (χ4v) is 3.05. The summed E-state index contributed by atoms with van der Waals surface area (Å²) in [7, 11) is 0. The van der Waals surface area contributed by atoms with Gasteiger partial charge in [0.2, 0.25) is 0 Å². The van der Waals surface area contributed by atoms with Crippen LogP contribution in [0.5, 0.6) is 0 Å². The third-order valence-corrected chi connectivity index (χ3v) is 4.63. The fourth-order valence-electron chi connectivity index (χ4n) is 2.73. The Morgan fingerprint density at radius 3 is 2.60 bits per heavy atom. The number of aromatic nitrogens is 4. The van der Waals surface area contributed by atoms with Gasteiger partial charge in [-0.3, -0.25) is 0 Å². The van der Waals surface area contributed by atoms with Gasteiger partial charge >= 0.3 is 0 Å². The normalized spacial score (nSPS) is 11.6. The molecule has 0 saturated carbocycles. The number of para-hydroxylation sites is 1. The van der Waals surface area contributed by atoms with Crippen molar-refractivity contribution in [3.05, 3.63) is 82.5 Å². The molecule has 7 heteroatoms. The van der Waals surface area contributed by atoms with Crippen LogP contribution in [0.3, 0.4) is 0 Å². The SMILES string of the molecule is Clc1ccc(Cn2cc(C=Nn3cnnc3)c3ccccc32)cc1Cl. The summed E-state index contributed by atoms with van der Waals surface area (Å²) < 4.78 is 3.73. The molecule has 4 aromatic rings. The minimum absolute atomic E-state index is 0.560. The lowest BCUT2D eigenvalue weighted by Crippen LogP contribution is -1.97. The molecular formula is C18H13Cl2N5. The zero-order valence-electron chi connectivity index (χ0n) is 13.0. The summed E-state index contributed by atoms with van der Waals surface area (Å²) in [6.45, 7) is 0.692. The molecule has 0 fully saturated rings. The Hall–Kier alpha value is -2.63. The molecule has 0 unspecified atom stereocenters. The lowest BCUT2D eigenvalue weighted by atomic mass is 10.2. The van der Waals surface area contributed by atoms with Crippen LogP contribution < -0.4 is 0 Å². The fraction of sp³-hybridized carbons (Fsp3) is 0.0556. The van der Waals surface area contributed by atoms with Crippen LogP contribution in [0.4, 0.5) is 0 Å². The molecule has 0 amide bonds. The van der Waals surface area contributed by atoms with Crippen LogP contribution in [0.2, 0.25) is 10.0 Å². The first kappa shape index (κ1) is 15.9. The second-order valence-electron chi connectivity index (χ2n) is 5.56. The molecule has 0 atom stereocenters. The highest BCUT2D eigenvalue weighted by molar-refractivity contribution is 6.42. The Morgan fingerprint density at radius 1 is 1.00 bits per heavy atom. The Kier molecular flexibility index (Phi) is 4.26. The molecule has 4 rings (SSSR count). The Morgan fingerprint density at radius 2 is 1.80 bits per heavy atom. The average molecular weight is 370 g/mol. The molecule has 0 spiro atoms. The van der Waals surface area contributed by atoms with E-state index in [0.29, 0.717) is 16.6 Å². The molecule has 0 aliphatic heterocycles. The van der Waals surface area contributed by atoms with Crippen molar-refractivity contribution in [2.75, 3.05) is 0 Å².